The molecule has 0 atom stereocenters. The third kappa shape index (κ3) is 6.13. The molecular formula is C30H26Cl2N2O3. The van der Waals surface area contributed by atoms with Crippen molar-refractivity contribution in [1.82, 2.24) is 9.88 Å². The summed E-state index contributed by atoms with van der Waals surface area (Å²) in [5, 5.41) is 0.669. The molecule has 1 amide bonds. The maximum absolute atomic E-state index is 13.5. The van der Waals surface area contributed by atoms with Gasteiger partial charge < -0.3 is 14.4 Å². The second-order valence-corrected chi connectivity index (χ2v) is 9.66. The lowest BCUT2D eigenvalue weighted by Crippen LogP contribution is -2.34. The number of hydrogen-bond acceptors (Lipinski definition) is 4. The van der Waals surface area contributed by atoms with Crippen molar-refractivity contribution >= 4 is 29.1 Å². The number of nitrogens with zero attached hydrogens (tertiary/aromatic N) is 2. The number of amides is 1. The number of aromatic nitrogens is 1. The lowest BCUT2D eigenvalue weighted by molar-refractivity contribution is 0.0571. The summed E-state index contributed by atoms with van der Waals surface area (Å²) < 4.78 is 11.9. The summed E-state index contributed by atoms with van der Waals surface area (Å²) in [6.07, 6.45) is 4.31. The first-order valence-electron chi connectivity index (χ1n) is 12.1. The van der Waals surface area contributed by atoms with Crippen molar-refractivity contribution in [3.05, 3.63) is 117 Å². The van der Waals surface area contributed by atoms with Crippen molar-refractivity contribution in [3.8, 4) is 16.9 Å². The molecule has 0 radical (unpaired) electrons. The zero-order valence-electron chi connectivity index (χ0n) is 20.2. The van der Waals surface area contributed by atoms with E-state index in [2.05, 4.69) is 29.2 Å². The summed E-state index contributed by atoms with van der Waals surface area (Å²) in [5.74, 6) is 0.614. The van der Waals surface area contributed by atoms with Crippen LogP contribution in [-0.4, -0.2) is 42.2 Å². The number of ether oxygens (including phenoxy) is 2. The second-order valence-electron chi connectivity index (χ2n) is 8.85. The minimum Gasteiger partial charge on any atom is -0.491 e. The summed E-state index contributed by atoms with van der Waals surface area (Å²) in [4.78, 5) is 19.5. The number of benzene rings is 3. The molecule has 0 saturated carbocycles. The van der Waals surface area contributed by atoms with E-state index < -0.39 is 0 Å². The molecule has 37 heavy (non-hydrogen) atoms. The topological polar surface area (TPSA) is 51.7 Å². The number of carbonyl (C=O) groups is 1. The van der Waals surface area contributed by atoms with Crippen molar-refractivity contribution in [2.24, 2.45) is 0 Å². The van der Waals surface area contributed by atoms with E-state index in [0.717, 1.165) is 33.6 Å². The fraction of sp³-hybridized carbons (Fsp3) is 0.200. The number of rotatable bonds is 2. The van der Waals surface area contributed by atoms with Gasteiger partial charge in [0.15, 0.2) is 0 Å². The molecule has 188 valence electrons. The van der Waals surface area contributed by atoms with Crippen LogP contribution in [0.1, 0.15) is 27.0 Å². The Labute approximate surface area is 226 Å². The normalized spacial score (nSPS) is 14.3. The molecule has 1 aliphatic heterocycles. The molecule has 1 aliphatic rings. The Kier molecular flexibility index (Phi) is 8.05. The Morgan fingerprint density at radius 1 is 0.838 bits per heavy atom. The molecule has 0 spiro atoms. The highest BCUT2D eigenvalue weighted by Crippen LogP contribution is 2.30. The van der Waals surface area contributed by atoms with Gasteiger partial charge >= 0.3 is 0 Å². The molecule has 0 fully saturated rings. The summed E-state index contributed by atoms with van der Waals surface area (Å²) in [6, 6.07) is 23.5. The van der Waals surface area contributed by atoms with Gasteiger partial charge in [-0.3, -0.25) is 9.78 Å². The Bertz CT molecular complexity index is 1370. The van der Waals surface area contributed by atoms with E-state index in [1.54, 1.807) is 29.3 Å². The van der Waals surface area contributed by atoms with E-state index in [1.807, 2.05) is 36.5 Å². The first-order valence-corrected chi connectivity index (χ1v) is 12.9. The maximum Gasteiger partial charge on any atom is 0.257 e. The summed E-state index contributed by atoms with van der Waals surface area (Å²) in [6.45, 7) is 1.99. The van der Waals surface area contributed by atoms with Gasteiger partial charge in [0.2, 0.25) is 0 Å². The monoisotopic (exact) mass is 532 g/mol. The highest BCUT2D eigenvalue weighted by atomic mass is 35.5. The van der Waals surface area contributed by atoms with Crippen LogP contribution in [0.3, 0.4) is 0 Å². The molecule has 5 rings (SSSR count). The number of carbonyl (C=O) groups excluding carboxylic acids is 1. The average Bonchev–Trinajstić information content (AvgIpc) is 2.90. The SMILES string of the molecule is O=C(c1c(Cl)cccc1Cl)N1CCOCCOc2ccc(-c3cccnc3)cc2Cc2cccc(c2)C1. The highest BCUT2D eigenvalue weighted by molar-refractivity contribution is 6.39. The fourth-order valence-corrected chi connectivity index (χ4v) is 5.01. The van der Waals surface area contributed by atoms with Crippen molar-refractivity contribution < 1.29 is 14.3 Å². The standard InChI is InChI=1S/C30H26Cl2N2O3/c31-26-7-2-8-27(32)29(26)30(35)34-12-13-36-14-15-37-28-10-9-23(24-6-3-11-33-19-24)18-25(28)17-21-4-1-5-22(16-21)20-34/h1-11,16,18-19H,12-15,17,20H2. The van der Waals surface area contributed by atoms with E-state index in [-0.39, 0.29) is 5.91 Å². The predicted molar refractivity (Wildman–Crippen MR) is 146 cm³/mol. The molecule has 2 heterocycles. The van der Waals surface area contributed by atoms with E-state index in [0.29, 0.717) is 54.9 Å². The molecule has 2 bridgehead atoms. The van der Waals surface area contributed by atoms with E-state index in [1.165, 1.54) is 0 Å². The Balaban J connectivity index is 1.46. The van der Waals surface area contributed by atoms with Gasteiger partial charge in [0, 0.05) is 37.5 Å². The van der Waals surface area contributed by atoms with Gasteiger partial charge in [-0.25, -0.2) is 0 Å². The summed E-state index contributed by atoms with van der Waals surface area (Å²) >= 11 is 12.7. The molecule has 7 heteroatoms. The van der Waals surface area contributed by atoms with Crippen molar-refractivity contribution in [2.75, 3.05) is 26.4 Å². The number of hydrogen-bond donors (Lipinski definition) is 0. The van der Waals surface area contributed by atoms with E-state index >= 15 is 0 Å². The van der Waals surface area contributed by atoms with E-state index in [4.69, 9.17) is 32.7 Å². The Morgan fingerprint density at radius 3 is 2.46 bits per heavy atom. The molecular weight excluding hydrogens is 507 g/mol. The van der Waals surface area contributed by atoms with Crippen LogP contribution in [0.15, 0.2) is 85.2 Å². The van der Waals surface area contributed by atoms with Crippen LogP contribution in [0.2, 0.25) is 10.0 Å². The maximum atomic E-state index is 13.5. The Hall–Kier alpha value is -3.38. The molecule has 0 aliphatic carbocycles. The van der Waals surface area contributed by atoms with Crippen molar-refractivity contribution in [2.45, 2.75) is 13.0 Å². The van der Waals surface area contributed by atoms with Crippen molar-refractivity contribution in [3.63, 3.8) is 0 Å². The molecule has 5 nitrogen and oxygen atoms in total. The molecule has 4 aromatic rings. The fourth-order valence-electron chi connectivity index (χ4n) is 4.45. The number of fused-ring (bicyclic) bond motifs is 3. The minimum atomic E-state index is -0.223. The van der Waals surface area contributed by atoms with Crippen LogP contribution in [0.25, 0.3) is 11.1 Å². The lowest BCUT2D eigenvalue weighted by Gasteiger charge is -2.24. The van der Waals surface area contributed by atoms with Crippen LogP contribution in [0.4, 0.5) is 0 Å². The van der Waals surface area contributed by atoms with Gasteiger partial charge in [-0.1, -0.05) is 65.7 Å². The third-order valence-corrected chi connectivity index (χ3v) is 6.90. The number of halogens is 2. The minimum absolute atomic E-state index is 0.223. The first kappa shape index (κ1) is 25.3. The van der Waals surface area contributed by atoms with Gasteiger partial charge in [0.1, 0.15) is 12.4 Å². The molecule has 0 unspecified atom stereocenters. The molecule has 3 aromatic carbocycles. The van der Waals surface area contributed by atoms with Crippen molar-refractivity contribution in [1.29, 1.82) is 0 Å². The highest BCUT2D eigenvalue weighted by Gasteiger charge is 2.22. The predicted octanol–water partition coefficient (Wildman–Crippen LogP) is 6.70. The van der Waals surface area contributed by atoms with Gasteiger partial charge in [-0.05, 0) is 52.6 Å². The van der Waals surface area contributed by atoms with Crippen LogP contribution in [0, 0.1) is 0 Å². The van der Waals surface area contributed by atoms with Crippen LogP contribution in [-0.2, 0) is 17.7 Å². The largest absolute Gasteiger partial charge is 0.491 e. The number of pyridine rings is 1. The van der Waals surface area contributed by atoms with Gasteiger partial charge in [0.25, 0.3) is 5.91 Å². The van der Waals surface area contributed by atoms with Gasteiger partial charge in [-0.2, -0.15) is 0 Å². The van der Waals surface area contributed by atoms with Gasteiger partial charge in [0.05, 0.1) is 28.8 Å². The smallest absolute Gasteiger partial charge is 0.257 e. The molecule has 0 saturated heterocycles. The zero-order chi connectivity index (χ0) is 25.6. The van der Waals surface area contributed by atoms with Crippen LogP contribution < -0.4 is 4.74 Å². The quantitative estimate of drug-likeness (QED) is 0.288. The zero-order valence-corrected chi connectivity index (χ0v) is 21.7. The van der Waals surface area contributed by atoms with Crippen LogP contribution in [0.5, 0.6) is 5.75 Å². The van der Waals surface area contributed by atoms with E-state index in [9.17, 15) is 4.79 Å². The summed E-state index contributed by atoms with van der Waals surface area (Å²) in [5.41, 5.74) is 5.65. The average molecular weight is 533 g/mol. The first-order chi connectivity index (χ1) is 18.1. The lowest BCUT2D eigenvalue weighted by atomic mass is 9.98. The van der Waals surface area contributed by atoms with Crippen LogP contribution >= 0.6 is 23.2 Å². The molecule has 1 aromatic heterocycles. The van der Waals surface area contributed by atoms with Gasteiger partial charge in [-0.15, -0.1) is 0 Å². The third-order valence-electron chi connectivity index (χ3n) is 6.27. The summed E-state index contributed by atoms with van der Waals surface area (Å²) in [7, 11) is 0. The molecule has 0 N–H and O–H groups in total. The second kappa shape index (κ2) is 11.8. The Morgan fingerprint density at radius 2 is 1.65 bits per heavy atom.